The van der Waals surface area contributed by atoms with Crippen molar-refractivity contribution in [2.24, 2.45) is 0 Å². The average molecular weight is 446 g/mol. The van der Waals surface area contributed by atoms with E-state index in [9.17, 15) is 4.79 Å². The lowest BCUT2D eigenvalue weighted by Crippen LogP contribution is -2.39. The van der Waals surface area contributed by atoms with E-state index >= 15 is 0 Å². The first-order valence-corrected chi connectivity index (χ1v) is 11.1. The van der Waals surface area contributed by atoms with Crippen LogP contribution in [0.1, 0.15) is 26.3 Å². The van der Waals surface area contributed by atoms with Gasteiger partial charge in [0.2, 0.25) is 5.91 Å². The summed E-state index contributed by atoms with van der Waals surface area (Å²) in [6, 6.07) is 13.9. The highest BCUT2D eigenvalue weighted by atomic mass is 32.2. The van der Waals surface area contributed by atoms with E-state index in [1.807, 2.05) is 67.8 Å². The van der Waals surface area contributed by atoms with E-state index in [0.717, 1.165) is 17.0 Å². The van der Waals surface area contributed by atoms with Gasteiger partial charge in [0.05, 0.1) is 11.3 Å². The zero-order valence-corrected chi connectivity index (χ0v) is 19.3. The van der Waals surface area contributed by atoms with Crippen molar-refractivity contribution in [3.8, 4) is 11.4 Å². The molecule has 1 amide bonds. The standard InChI is InChI=1S/C25H27N5OS/c1-5-10-21(11-6-2)27-23(31)25(3,4)32-24-29-28-22(20-14-16-26-17-15-20)30(24)18-19-12-8-7-9-13-19/h5-17H,1,18H2,2-4H3,(H,27,31)/b11-6-,21-10+. The van der Waals surface area contributed by atoms with Crippen molar-refractivity contribution in [3.63, 3.8) is 0 Å². The van der Waals surface area contributed by atoms with Gasteiger partial charge in [-0.2, -0.15) is 0 Å². The van der Waals surface area contributed by atoms with Crippen LogP contribution in [0.3, 0.4) is 0 Å². The average Bonchev–Trinajstić information content (AvgIpc) is 3.16. The number of aromatic nitrogens is 4. The first-order chi connectivity index (χ1) is 15.4. The number of carbonyl (C=O) groups excluding carboxylic acids is 1. The number of allylic oxidation sites excluding steroid dienone is 4. The van der Waals surface area contributed by atoms with Crippen LogP contribution in [-0.4, -0.2) is 30.4 Å². The van der Waals surface area contributed by atoms with Gasteiger partial charge in [-0.25, -0.2) is 0 Å². The minimum atomic E-state index is -0.793. The smallest absolute Gasteiger partial charge is 0.240 e. The quantitative estimate of drug-likeness (QED) is 0.370. The fourth-order valence-corrected chi connectivity index (χ4v) is 3.93. The Balaban J connectivity index is 1.92. The number of rotatable bonds is 9. The first-order valence-electron chi connectivity index (χ1n) is 10.3. The molecule has 0 saturated carbocycles. The van der Waals surface area contributed by atoms with Crippen molar-refractivity contribution in [1.29, 1.82) is 0 Å². The zero-order chi connectivity index (χ0) is 23.0. The molecule has 1 N–H and O–H groups in total. The Hall–Kier alpha value is -3.45. The number of amides is 1. The molecule has 1 aromatic carbocycles. The van der Waals surface area contributed by atoms with Crippen molar-refractivity contribution in [3.05, 3.63) is 97.0 Å². The molecule has 2 aromatic heterocycles. The monoisotopic (exact) mass is 445 g/mol. The minimum Gasteiger partial charge on any atom is -0.325 e. The van der Waals surface area contributed by atoms with E-state index in [-0.39, 0.29) is 5.91 Å². The van der Waals surface area contributed by atoms with E-state index in [0.29, 0.717) is 17.4 Å². The lowest BCUT2D eigenvalue weighted by atomic mass is 10.2. The molecule has 7 heteroatoms. The Morgan fingerprint density at radius 1 is 1.16 bits per heavy atom. The molecule has 0 saturated heterocycles. The van der Waals surface area contributed by atoms with Gasteiger partial charge in [0.1, 0.15) is 0 Å². The van der Waals surface area contributed by atoms with E-state index in [1.54, 1.807) is 24.5 Å². The summed E-state index contributed by atoms with van der Waals surface area (Å²) in [5.41, 5.74) is 2.72. The molecule has 3 aromatic rings. The first kappa shape index (κ1) is 23.2. The van der Waals surface area contributed by atoms with E-state index in [1.165, 1.54) is 11.8 Å². The van der Waals surface area contributed by atoms with Crippen LogP contribution in [0.2, 0.25) is 0 Å². The molecular formula is C25H27N5OS. The highest BCUT2D eigenvalue weighted by Gasteiger charge is 2.32. The third-order valence-corrected chi connectivity index (χ3v) is 5.81. The maximum Gasteiger partial charge on any atom is 0.240 e. The number of hydrogen-bond donors (Lipinski definition) is 1. The highest BCUT2D eigenvalue weighted by Crippen LogP contribution is 2.34. The van der Waals surface area contributed by atoms with Gasteiger partial charge in [-0.3, -0.25) is 14.3 Å². The highest BCUT2D eigenvalue weighted by molar-refractivity contribution is 8.01. The molecule has 0 aliphatic rings. The second-order valence-corrected chi connectivity index (χ2v) is 9.13. The maximum absolute atomic E-state index is 13.1. The second-order valence-electron chi connectivity index (χ2n) is 7.54. The molecule has 0 spiro atoms. The summed E-state index contributed by atoms with van der Waals surface area (Å²) in [6.07, 6.45) is 10.6. The van der Waals surface area contributed by atoms with E-state index in [4.69, 9.17) is 0 Å². The van der Waals surface area contributed by atoms with Crippen LogP contribution in [-0.2, 0) is 11.3 Å². The Kier molecular flexibility index (Phi) is 7.78. The SMILES string of the molecule is C=C/C=C(\C=C/C)NC(=O)C(C)(C)Sc1nnc(-c2ccncc2)n1Cc1ccccc1. The van der Waals surface area contributed by atoms with Gasteiger partial charge in [-0.05, 0) is 50.6 Å². The van der Waals surface area contributed by atoms with Crippen molar-refractivity contribution >= 4 is 17.7 Å². The molecule has 3 rings (SSSR count). The molecule has 0 unspecified atom stereocenters. The summed E-state index contributed by atoms with van der Waals surface area (Å²) in [5.74, 6) is 0.601. The molecule has 0 radical (unpaired) electrons. The number of pyridine rings is 1. The molecule has 0 aliphatic carbocycles. The Morgan fingerprint density at radius 2 is 1.88 bits per heavy atom. The van der Waals surface area contributed by atoms with Crippen molar-refractivity contribution < 1.29 is 4.79 Å². The number of carbonyl (C=O) groups is 1. The molecule has 32 heavy (non-hydrogen) atoms. The van der Waals surface area contributed by atoms with Gasteiger partial charge in [0, 0.05) is 23.7 Å². The van der Waals surface area contributed by atoms with Gasteiger partial charge >= 0.3 is 0 Å². The predicted molar refractivity (Wildman–Crippen MR) is 130 cm³/mol. The summed E-state index contributed by atoms with van der Waals surface area (Å²) < 4.78 is 1.25. The molecule has 0 bridgehead atoms. The van der Waals surface area contributed by atoms with Crippen molar-refractivity contribution in [1.82, 2.24) is 25.1 Å². The van der Waals surface area contributed by atoms with Crippen LogP contribution in [0.4, 0.5) is 0 Å². The normalized spacial score (nSPS) is 12.2. The minimum absolute atomic E-state index is 0.131. The van der Waals surface area contributed by atoms with Crippen LogP contribution in [0.15, 0.2) is 96.6 Å². The van der Waals surface area contributed by atoms with Crippen LogP contribution >= 0.6 is 11.8 Å². The maximum atomic E-state index is 13.1. The van der Waals surface area contributed by atoms with E-state index in [2.05, 4.69) is 39.2 Å². The van der Waals surface area contributed by atoms with Crippen LogP contribution < -0.4 is 5.32 Å². The topological polar surface area (TPSA) is 72.7 Å². The molecule has 2 heterocycles. The summed E-state index contributed by atoms with van der Waals surface area (Å²) in [5, 5.41) is 12.5. The molecular weight excluding hydrogens is 418 g/mol. The molecule has 0 atom stereocenters. The predicted octanol–water partition coefficient (Wildman–Crippen LogP) is 5.02. The van der Waals surface area contributed by atoms with Crippen molar-refractivity contribution in [2.75, 3.05) is 0 Å². The van der Waals surface area contributed by atoms with Gasteiger partial charge in [-0.1, -0.05) is 60.8 Å². The molecule has 6 nitrogen and oxygen atoms in total. The van der Waals surface area contributed by atoms with Crippen LogP contribution in [0.5, 0.6) is 0 Å². The number of hydrogen-bond acceptors (Lipinski definition) is 5. The van der Waals surface area contributed by atoms with Gasteiger partial charge in [0.25, 0.3) is 0 Å². The Bertz CT molecular complexity index is 1120. The molecule has 0 aliphatic heterocycles. The summed E-state index contributed by atoms with van der Waals surface area (Å²) >= 11 is 1.38. The third kappa shape index (κ3) is 5.82. The summed E-state index contributed by atoms with van der Waals surface area (Å²) in [7, 11) is 0. The summed E-state index contributed by atoms with van der Waals surface area (Å²) in [4.78, 5) is 17.2. The van der Waals surface area contributed by atoms with Crippen LogP contribution in [0, 0.1) is 0 Å². The Morgan fingerprint density at radius 3 is 2.53 bits per heavy atom. The number of thioether (sulfide) groups is 1. The van der Waals surface area contributed by atoms with Gasteiger partial charge < -0.3 is 5.32 Å². The molecule has 164 valence electrons. The fraction of sp³-hybridized carbons (Fsp3) is 0.200. The van der Waals surface area contributed by atoms with Gasteiger partial charge in [0.15, 0.2) is 11.0 Å². The molecule has 0 fully saturated rings. The Labute approximate surface area is 193 Å². The zero-order valence-electron chi connectivity index (χ0n) is 18.5. The lowest BCUT2D eigenvalue weighted by Gasteiger charge is -2.23. The number of nitrogens with zero attached hydrogens (tertiary/aromatic N) is 4. The van der Waals surface area contributed by atoms with Gasteiger partial charge in [-0.15, -0.1) is 10.2 Å². The van der Waals surface area contributed by atoms with Crippen molar-refractivity contribution in [2.45, 2.75) is 37.2 Å². The lowest BCUT2D eigenvalue weighted by molar-refractivity contribution is -0.121. The fourth-order valence-electron chi connectivity index (χ4n) is 2.99. The van der Waals surface area contributed by atoms with E-state index < -0.39 is 4.75 Å². The third-order valence-electron chi connectivity index (χ3n) is 4.63. The second kappa shape index (κ2) is 10.7. The van der Waals surface area contributed by atoms with Crippen LogP contribution in [0.25, 0.3) is 11.4 Å². The summed E-state index contributed by atoms with van der Waals surface area (Å²) in [6.45, 7) is 9.95. The number of benzene rings is 1. The number of nitrogens with one attached hydrogen (secondary N) is 1. The largest absolute Gasteiger partial charge is 0.325 e.